The molecule has 1 aromatic rings. The number of likely N-dealkylation sites (N-methyl/N-ethyl adjacent to an activating group) is 1. The zero-order chi connectivity index (χ0) is 12.2. The van der Waals surface area contributed by atoms with Gasteiger partial charge in [-0.1, -0.05) is 6.07 Å². The van der Waals surface area contributed by atoms with Crippen molar-refractivity contribution in [2.45, 2.75) is 0 Å². The molecule has 3 heteroatoms. The minimum absolute atomic E-state index is 0.750. The second-order valence-electron chi connectivity index (χ2n) is 5.25. The molecule has 90 valence electrons. The first kappa shape index (κ1) is 12.8. The van der Waals surface area contributed by atoms with Crippen molar-refractivity contribution in [3.05, 3.63) is 24.3 Å². The molecule has 0 saturated carbocycles. The lowest BCUT2D eigenvalue weighted by molar-refractivity contribution is -0.870. The molecule has 0 saturated heterocycles. The molecular formula is C13H23N2O+. The summed E-state index contributed by atoms with van der Waals surface area (Å²) in [5.41, 5.74) is 1.17. The maximum absolute atomic E-state index is 5.73. The number of hydrogen-bond acceptors (Lipinski definition) is 2. The molecule has 0 atom stereocenters. The van der Waals surface area contributed by atoms with Gasteiger partial charge in [0.05, 0.1) is 21.1 Å². The van der Waals surface area contributed by atoms with Gasteiger partial charge in [-0.25, -0.2) is 0 Å². The molecule has 0 radical (unpaired) electrons. The van der Waals surface area contributed by atoms with Gasteiger partial charge < -0.3 is 14.1 Å². The summed E-state index contributed by atoms with van der Waals surface area (Å²) in [5, 5.41) is 0. The molecule has 0 aliphatic carbocycles. The molecule has 0 spiro atoms. The van der Waals surface area contributed by atoms with Gasteiger partial charge in [-0.3, -0.25) is 0 Å². The zero-order valence-corrected chi connectivity index (χ0v) is 11.0. The van der Waals surface area contributed by atoms with E-state index < -0.39 is 0 Å². The molecule has 1 rings (SSSR count). The van der Waals surface area contributed by atoms with Gasteiger partial charge in [-0.15, -0.1) is 0 Å². The van der Waals surface area contributed by atoms with Gasteiger partial charge in [0.2, 0.25) is 0 Å². The summed E-state index contributed by atoms with van der Waals surface area (Å²) < 4.78 is 6.65. The van der Waals surface area contributed by atoms with E-state index >= 15 is 0 Å². The van der Waals surface area contributed by atoms with Crippen LogP contribution in [0.4, 0.5) is 5.69 Å². The first-order valence-electron chi connectivity index (χ1n) is 5.59. The van der Waals surface area contributed by atoms with Crippen LogP contribution >= 0.6 is 0 Å². The highest BCUT2D eigenvalue weighted by molar-refractivity contribution is 5.49. The van der Waals surface area contributed by atoms with E-state index in [1.54, 1.807) is 0 Å². The van der Waals surface area contributed by atoms with E-state index in [-0.39, 0.29) is 0 Å². The van der Waals surface area contributed by atoms with Gasteiger partial charge in [-0.2, -0.15) is 0 Å². The summed E-state index contributed by atoms with van der Waals surface area (Å²) in [7, 11) is 10.6. The fourth-order valence-corrected chi connectivity index (χ4v) is 1.29. The number of ether oxygens (including phenoxy) is 1. The van der Waals surface area contributed by atoms with Crippen LogP contribution in [0.1, 0.15) is 0 Å². The number of rotatable bonds is 5. The van der Waals surface area contributed by atoms with E-state index in [9.17, 15) is 0 Å². The SMILES string of the molecule is CN(C)c1cccc(OCC[N+](C)(C)C)c1. The summed E-state index contributed by atoms with van der Waals surface area (Å²) in [6, 6.07) is 8.17. The summed E-state index contributed by atoms with van der Waals surface area (Å²) >= 11 is 0. The second kappa shape index (κ2) is 5.21. The molecule has 0 bridgehead atoms. The Labute approximate surface area is 98.8 Å². The Morgan fingerprint density at radius 2 is 1.88 bits per heavy atom. The number of nitrogens with zero attached hydrogens (tertiary/aromatic N) is 2. The molecule has 0 aromatic heterocycles. The van der Waals surface area contributed by atoms with Crippen molar-refractivity contribution < 1.29 is 9.22 Å². The van der Waals surface area contributed by atoms with Gasteiger partial charge in [0.1, 0.15) is 18.9 Å². The lowest BCUT2D eigenvalue weighted by Gasteiger charge is -2.23. The van der Waals surface area contributed by atoms with Crippen molar-refractivity contribution in [1.82, 2.24) is 0 Å². The fourth-order valence-electron chi connectivity index (χ4n) is 1.29. The van der Waals surface area contributed by atoms with Crippen LogP contribution in [0.25, 0.3) is 0 Å². The third-order valence-corrected chi connectivity index (χ3v) is 2.36. The van der Waals surface area contributed by atoms with Crippen LogP contribution < -0.4 is 9.64 Å². The molecule has 0 aliphatic heterocycles. The first-order valence-corrected chi connectivity index (χ1v) is 5.59. The zero-order valence-electron chi connectivity index (χ0n) is 11.0. The smallest absolute Gasteiger partial charge is 0.137 e. The van der Waals surface area contributed by atoms with E-state index in [4.69, 9.17) is 4.74 Å². The molecule has 3 nitrogen and oxygen atoms in total. The lowest BCUT2D eigenvalue weighted by Crippen LogP contribution is -2.38. The number of anilines is 1. The van der Waals surface area contributed by atoms with Crippen molar-refractivity contribution in [3.8, 4) is 5.75 Å². The highest BCUT2D eigenvalue weighted by Crippen LogP contribution is 2.19. The van der Waals surface area contributed by atoms with Crippen molar-refractivity contribution in [2.75, 3.05) is 53.3 Å². The fraction of sp³-hybridized carbons (Fsp3) is 0.538. The minimum atomic E-state index is 0.750. The molecule has 0 heterocycles. The van der Waals surface area contributed by atoms with Gasteiger partial charge in [0, 0.05) is 25.8 Å². The van der Waals surface area contributed by atoms with Crippen molar-refractivity contribution in [2.24, 2.45) is 0 Å². The summed E-state index contributed by atoms with van der Waals surface area (Å²) in [5.74, 6) is 0.944. The molecule has 0 fully saturated rings. The average molecular weight is 223 g/mol. The predicted octanol–water partition coefficient (Wildman–Crippen LogP) is 1.84. The Morgan fingerprint density at radius 1 is 1.19 bits per heavy atom. The van der Waals surface area contributed by atoms with Crippen LogP contribution in [-0.2, 0) is 0 Å². The van der Waals surface area contributed by atoms with Gasteiger partial charge >= 0.3 is 0 Å². The van der Waals surface area contributed by atoms with E-state index in [0.717, 1.165) is 23.4 Å². The first-order chi connectivity index (χ1) is 7.38. The van der Waals surface area contributed by atoms with Crippen molar-refractivity contribution in [1.29, 1.82) is 0 Å². The Kier molecular flexibility index (Phi) is 4.19. The monoisotopic (exact) mass is 223 g/mol. The Morgan fingerprint density at radius 3 is 2.44 bits per heavy atom. The van der Waals surface area contributed by atoms with E-state index in [2.05, 4.69) is 38.2 Å². The Balaban J connectivity index is 2.51. The van der Waals surface area contributed by atoms with E-state index in [1.165, 1.54) is 5.69 Å². The largest absolute Gasteiger partial charge is 0.488 e. The second-order valence-corrected chi connectivity index (χ2v) is 5.25. The number of benzene rings is 1. The van der Waals surface area contributed by atoms with Crippen LogP contribution in [0.2, 0.25) is 0 Å². The quantitative estimate of drug-likeness (QED) is 0.706. The molecule has 0 unspecified atom stereocenters. The Hall–Kier alpha value is -1.22. The van der Waals surface area contributed by atoms with Crippen LogP contribution in [0.5, 0.6) is 5.75 Å². The Bertz CT molecular complexity index is 329. The summed E-state index contributed by atoms with van der Waals surface area (Å²) in [6.45, 7) is 1.76. The maximum Gasteiger partial charge on any atom is 0.137 e. The van der Waals surface area contributed by atoms with Crippen LogP contribution in [0.3, 0.4) is 0 Å². The van der Waals surface area contributed by atoms with E-state index in [0.29, 0.717) is 0 Å². The molecule has 0 aliphatic rings. The number of quaternary nitrogens is 1. The van der Waals surface area contributed by atoms with Crippen molar-refractivity contribution in [3.63, 3.8) is 0 Å². The average Bonchev–Trinajstić information content (AvgIpc) is 2.16. The summed E-state index contributed by atoms with van der Waals surface area (Å²) in [6.07, 6.45) is 0. The van der Waals surface area contributed by atoms with Crippen LogP contribution in [0, 0.1) is 0 Å². The van der Waals surface area contributed by atoms with Gasteiger partial charge in [0.25, 0.3) is 0 Å². The van der Waals surface area contributed by atoms with Crippen LogP contribution in [-0.4, -0.2) is 52.9 Å². The third kappa shape index (κ3) is 4.53. The van der Waals surface area contributed by atoms with Gasteiger partial charge in [0.15, 0.2) is 0 Å². The normalized spacial score (nSPS) is 11.3. The summed E-state index contributed by atoms with van der Waals surface area (Å²) in [4.78, 5) is 2.08. The lowest BCUT2D eigenvalue weighted by atomic mass is 10.3. The molecule has 0 amide bonds. The third-order valence-electron chi connectivity index (χ3n) is 2.36. The standard InChI is InChI=1S/C13H23N2O/c1-14(2)12-7-6-8-13(11-12)16-10-9-15(3,4)5/h6-8,11H,9-10H2,1-5H3/q+1. The number of hydrogen-bond donors (Lipinski definition) is 0. The predicted molar refractivity (Wildman–Crippen MR) is 69.2 cm³/mol. The highest BCUT2D eigenvalue weighted by Gasteiger charge is 2.06. The molecule has 1 aromatic carbocycles. The minimum Gasteiger partial charge on any atom is -0.488 e. The van der Waals surface area contributed by atoms with Gasteiger partial charge in [-0.05, 0) is 12.1 Å². The molecule has 0 N–H and O–H groups in total. The van der Waals surface area contributed by atoms with E-state index in [1.807, 2.05) is 26.2 Å². The van der Waals surface area contributed by atoms with Crippen LogP contribution in [0.15, 0.2) is 24.3 Å². The molecular weight excluding hydrogens is 200 g/mol. The molecule has 16 heavy (non-hydrogen) atoms. The highest BCUT2D eigenvalue weighted by atomic mass is 16.5. The van der Waals surface area contributed by atoms with Crippen molar-refractivity contribution >= 4 is 5.69 Å². The maximum atomic E-state index is 5.73. The topological polar surface area (TPSA) is 12.5 Å².